The third-order valence-electron chi connectivity index (χ3n) is 3.40. The first-order chi connectivity index (χ1) is 12.1. The van der Waals surface area contributed by atoms with Gasteiger partial charge >= 0.3 is 0 Å². The van der Waals surface area contributed by atoms with Crippen LogP contribution in [0.25, 0.3) is 0 Å². The maximum Gasteiger partial charge on any atom is 0.255 e. The van der Waals surface area contributed by atoms with E-state index in [9.17, 15) is 9.18 Å². The second-order valence-corrected chi connectivity index (χ2v) is 5.58. The van der Waals surface area contributed by atoms with Gasteiger partial charge in [-0.15, -0.1) is 0 Å². The van der Waals surface area contributed by atoms with Crippen molar-refractivity contribution in [3.63, 3.8) is 0 Å². The molecule has 0 aliphatic rings. The molecule has 0 atom stereocenters. The average molecular weight is 357 g/mol. The Hall–Kier alpha value is -2.99. The zero-order valence-corrected chi connectivity index (χ0v) is 13.8. The summed E-state index contributed by atoms with van der Waals surface area (Å²) in [4.78, 5) is 20.2. The fourth-order valence-electron chi connectivity index (χ4n) is 2.14. The van der Waals surface area contributed by atoms with Crippen LogP contribution in [0.1, 0.15) is 16.1 Å². The third kappa shape index (κ3) is 4.51. The molecule has 0 aliphatic carbocycles. The van der Waals surface area contributed by atoms with E-state index in [1.165, 1.54) is 18.3 Å². The predicted molar refractivity (Wildman–Crippen MR) is 95.2 cm³/mol. The molecule has 0 unspecified atom stereocenters. The van der Waals surface area contributed by atoms with Crippen molar-refractivity contribution < 1.29 is 9.18 Å². The number of carbonyl (C=O) groups is 1. The van der Waals surface area contributed by atoms with Crippen molar-refractivity contribution in [3.05, 3.63) is 83.2 Å². The van der Waals surface area contributed by atoms with E-state index in [0.29, 0.717) is 23.1 Å². The number of nitrogens with zero attached hydrogens (tertiary/aromatic N) is 2. The Balaban J connectivity index is 1.66. The molecular weight excluding hydrogens is 343 g/mol. The normalized spacial score (nSPS) is 10.3. The van der Waals surface area contributed by atoms with Gasteiger partial charge in [-0.2, -0.15) is 0 Å². The van der Waals surface area contributed by atoms with E-state index < -0.39 is 11.7 Å². The van der Waals surface area contributed by atoms with Crippen molar-refractivity contribution in [1.29, 1.82) is 0 Å². The molecule has 25 heavy (non-hydrogen) atoms. The number of hydrogen-bond acceptors (Lipinski definition) is 4. The van der Waals surface area contributed by atoms with Crippen LogP contribution in [0.15, 0.2) is 60.9 Å². The van der Waals surface area contributed by atoms with E-state index in [-0.39, 0.29) is 5.56 Å². The van der Waals surface area contributed by atoms with Gasteiger partial charge in [0.25, 0.3) is 5.91 Å². The summed E-state index contributed by atoms with van der Waals surface area (Å²) < 4.78 is 14.2. The van der Waals surface area contributed by atoms with E-state index in [1.807, 2.05) is 18.2 Å². The van der Waals surface area contributed by atoms with Crippen molar-refractivity contribution in [2.45, 2.75) is 6.54 Å². The molecule has 1 aromatic carbocycles. The number of hydrogen-bond donors (Lipinski definition) is 2. The molecule has 0 aliphatic heterocycles. The van der Waals surface area contributed by atoms with Gasteiger partial charge in [0.15, 0.2) is 0 Å². The predicted octanol–water partition coefficient (Wildman–Crippen LogP) is 4.13. The van der Waals surface area contributed by atoms with Gasteiger partial charge in [-0.25, -0.2) is 9.37 Å². The summed E-state index contributed by atoms with van der Waals surface area (Å²) in [7, 11) is 0. The monoisotopic (exact) mass is 356 g/mol. The SMILES string of the molecule is O=C(Nc1ccc(Cl)nc1)c1ccc(NCc2ccccn2)c(F)c1. The molecule has 0 radical (unpaired) electrons. The Kier molecular flexibility index (Phi) is 5.20. The quantitative estimate of drug-likeness (QED) is 0.674. The maximum absolute atomic E-state index is 14.2. The van der Waals surface area contributed by atoms with Crippen LogP contribution in [0.5, 0.6) is 0 Å². The molecule has 2 aromatic heterocycles. The summed E-state index contributed by atoms with van der Waals surface area (Å²) in [6.07, 6.45) is 3.10. The third-order valence-corrected chi connectivity index (χ3v) is 3.63. The van der Waals surface area contributed by atoms with Gasteiger partial charge in [0.2, 0.25) is 0 Å². The summed E-state index contributed by atoms with van der Waals surface area (Å²) in [5.41, 5.74) is 1.78. The molecule has 3 aromatic rings. The van der Waals surface area contributed by atoms with E-state index in [4.69, 9.17) is 11.6 Å². The molecule has 0 spiro atoms. The van der Waals surface area contributed by atoms with Crippen molar-refractivity contribution in [2.24, 2.45) is 0 Å². The van der Waals surface area contributed by atoms with Crippen molar-refractivity contribution in [2.75, 3.05) is 10.6 Å². The van der Waals surface area contributed by atoms with Crippen LogP contribution in [0.2, 0.25) is 5.15 Å². The van der Waals surface area contributed by atoms with E-state index in [0.717, 1.165) is 5.69 Å². The van der Waals surface area contributed by atoms with Gasteiger partial charge in [0.1, 0.15) is 11.0 Å². The van der Waals surface area contributed by atoms with E-state index in [2.05, 4.69) is 20.6 Å². The summed E-state index contributed by atoms with van der Waals surface area (Å²) in [6.45, 7) is 0.389. The lowest BCUT2D eigenvalue weighted by molar-refractivity contribution is 0.102. The van der Waals surface area contributed by atoms with Gasteiger partial charge in [0.05, 0.1) is 29.8 Å². The van der Waals surface area contributed by atoms with E-state index in [1.54, 1.807) is 24.4 Å². The topological polar surface area (TPSA) is 66.9 Å². The lowest BCUT2D eigenvalue weighted by Crippen LogP contribution is -2.13. The minimum absolute atomic E-state index is 0.204. The fraction of sp³-hybridized carbons (Fsp3) is 0.0556. The molecule has 0 saturated carbocycles. The Bertz CT molecular complexity index is 872. The highest BCUT2D eigenvalue weighted by atomic mass is 35.5. The smallest absolute Gasteiger partial charge is 0.255 e. The number of halogens is 2. The minimum atomic E-state index is -0.516. The molecule has 0 saturated heterocycles. The number of amides is 1. The maximum atomic E-state index is 14.2. The first-order valence-corrected chi connectivity index (χ1v) is 7.86. The molecular formula is C18H14ClFN4O. The number of pyridine rings is 2. The molecule has 7 heteroatoms. The second-order valence-electron chi connectivity index (χ2n) is 5.19. The van der Waals surface area contributed by atoms with Crippen LogP contribution in [0.4, 0.5) is 15.8 Å². The molecule has 5 nitrogen and oxygen atoms in total. The number of carbonyl (C=O) groups excluding carboxylic acids is 1. The molecule has 1 amide bonds. The highest BCUT2D eigenvalue weighted by molar-refractivity contribution is 6.29. The molecule has 2 N–H and O–H groups in total. The van der Waals surface area contributed by atoms with Crippen LogP contribution in [0.3, 0.4) is 0 Å². The fourth-order valence-corrected chi connectivity index (χ4v) is 2.25. The van der Waals surface area contributed by atoms with Crippen LogP contribution in [-0.2, 0) is 6.54 Å². The summed E-state index contributed by atoms with van der Waals surface area (Å²) >= 11 is 5.69. The van der Waals surface area contributed by atoms with Gasteiger partial charge in [-0.3, -0.25) is 9.78 Å². The summed E-state index contributed by atoms with van der Waals surface area (Å²) in [5.74, 6) is -0.947. The van der Waals surface area contributed by atoms with Gasteiger partial charge < -0.3 is 10.6 Å². The Labute approximate surface area is 148 Å². The molecule has 0 fully saturated rings. The van der Waals surface area contributed by atoms with Gasteiger partial charge in [0, 0.05) is 11.8 Å². The Morgan fingerprint density at radius 2 is 2.00 bits per heavy atom. The lowest BCUT2D eigenvalue weighted by Gasteiger charge is -2.09. The molecule has 3 rings (SSSR count). The summed E-state index contributed by atoms with van der Waals surface area (Å²) in [6, 6.07) is 12.9. The van der Waals surface area contributed by atoms with E-state index >= 15 is 0 Å². The zero-order valence-electron chi connectivity index (χ0n) is 13.0. The van der Waals surface area contributed by atoms with Crippen molar-refractivity contribution in [3.8, 4) is 0 Å². The number of aromatic nitrogens is 2. The lowest BCUT2D eigenvalue weighted by atomic mass is 10.1. The minimum Gasteiger partial charge on any atom is -0.377 e. The van der Waals surface area contributed by atoms with Gasteiger partial charge in [-0.1, -0.05) is 17.7 Å². The number of nitrogens with one attached hydrogen (secondary N) is 2. The summed E-state index contributed by atoms with van der Waals surface area (Å²) in [5, 5.41) is 5.92. The first kappa shape index (κ1) is 16.9. The number of rotatable bonds is 5. The zero-order chi connectivity index (χ0) is 17.6. The van der Waals surface area contributed by atoms with Crippen LogP contribution < -0.4 is 10.6 Å². The second kappa shape index (κ2) is 7.72. The van der Waals surface area contributed by atoms with Crippen LogP contribution in [-0.4, -0.2) is 15.9 Å². The van der Waals surface area contributed by atoms with Crippen LogP contribution in [0, 0.1) is 5.82 Å². The largest absolute Gasteiger partial charge is 0.377 e. The average Bonchev–Trinajstić information content (AvgIpc) is 2.63. The van der Waals surface area contributed by atoms with Crippen molar-refractivity contribution >= 4 is 28.9 Å². The Morgan fingerprint density at radius 3 is 2.68 bits per heavy atom. The highest BCUT2D eigenvalue weighted by Crippen LogP contribution is 2.18. The van der Waals surface area contributed by atoms with Crippen molar-refractivity contribution in [1.82, 2.24) is 9.97 Å². The van der Waals surface area contributed by atoms with Gasteiger partial charge in [-0.05, 0) is 42.5 Å². The molecule has 2 heterocycles. The molecule has 0 bridgehead atoms. The Morgan fingerprint density at radius 1 is 1.12 bits per heavy atom. The molecule has 126 valence electrons. The highest BCUT2D eigenvalue weighted by Gasteiger charge is 2.10. The standard InChI is InChI=1S/C18H14ClFN4O/c19-17-7-5-14(11-23-17)24-18(25)12-4-6-16(15(20)9-12)22-10-13-3-1-2-8-21-13/h1-9,11,22H,10H2,(H,24,25). The number of benzene rings is 1. The number of anilines is 2. The van der Waals surface area contributed by atoms with Crippen LogP contribution >= 0.6 is 11.6 Å². The first-order valence-electron chi connectivity index (χ1n) is 7.48.